The normalized spacial score (nSPS) is 19.9. The van der Waals surface area contributed by atoms with Gasteiger partial charge in [0.05, 0.1) is 5.69 Å². The Morgan fingerprint density at radius 2 is 1.77 bits per heavy atom. The van der Waals surface area contributed by atoms with Gasteiger partial charge >= 0.3 is 0 Å². The van der Waals surface area contributed by atoms with Gasteiger partial charge in [0, 0.05) is 44.0 Å². The van der Waals surface area contributed by atoms with E-state index in [1.807, 2.05) is 18.2 Å². The first kappa shape index (κ1) is 20.2. The molecule has 1 N–H and O–H groups in total. The maximum Gasteiger partial charge on any atom is 0.219 e. The van der Waals surface area contributed by atoms with Crippen LogP contribution in [0.25, 0.3) is 5.82 Å². The average molecular weight is 418 g/mol. The van der Waals surface area contributed by atoms with Crippen LogP contribution in [0, 0.1) is 0 Å². The van der Waals surface area contributed by atoms with Crippen LogP contribution in [0.3, 0.4) is 0 Å². The van der Waals surface area contributed by atoms with Crippen LogP contribution in [0.2, 0.25) is 0 Å². The number of aryl methyl sites for hydroxylation is 2. The van der Waals surface area contributed by atoms with Crippen molar-refractivity contribution in [2.24, 2.45) is 0 Å². The second kappa shape index (κ2) is 9.20. The smallest absolute Gasteiger partial charge is 0.219 e. The molecule has 1 atom stereocenters. The molecule has 0 bridgehead atoms. The van der Waals surface area contributed by atoms with Crippen molar-refractivity contribution in [2.75, 3.05) is 32.7 Å². The first-order valence-electron chi connectivity index (χ1n) is 11.5. The van der Waals surface area contributed by atoms with Gasteiger partial charge in [-0.15, -0.1) is 0 Å². The van der Waals surface area contributed by atoms with Crippen LogP contribution in [-0.2, 0) is 19.3 Å². The second-order valence-corrected chi connectivity index (χ2v) is 8.71. The third kappa shape index (κ3) is 4.50. The van der Waals surface area contributed by atoms with E-state index in [-0.39, 0.29) is 5.88 Å². The summed E-state index contributed by atoms with van der Waals surface area (Å²) in [5, 5.41) is 15.5. The van der Waals surface area contributed by atoms with Crippen molar-refractivity contribution < 1.29 is 5.11 Å². The number of piperazine rings is 1. The largest absolute Gasteiger partial charge is 0.493 e. The maximum absolute atomic E-state index is 10.8. The Balaban J connectivity index is 1.14. The van der Waals surface area contributed by atoms with E-state index in [4.69, 9.17) is 0 Å². The van der Waals surface area contributed by atoms with Crippen molar-refractivity contribution in [1.29, 1.82) is 0 Å². The molecule has 2 aliphatic rings. The lowest BCUT2D eigenvalue weighted by molar-refractivity contribution is 0.0886. The molecule has 1 fully saturated rings. The molecule has 6 nitrogen and oxygen atoms in total. The number of hydrogen-bond donors (Lipinski definition) is 1. The summed E-state index contributed by atoms with van der Waals surface area (Å²) in [5.74, 6) is 0.938. The van der Waals surface area contributed by atoms with E-state index < -0.39 is 0 Å². The third-order valence-corrected chi connectivity index (χ3v) is 6.77. The highest BCUT2D eigenvalue weighted by Gasteiger charge is 2.31. The molecule has 1 aliphatic carbocycles. The van der Waals surface area contributed by atoms with Crippen LogP contribution in [0.1, 0.15) is 29.7 Å². The Morgan fingerprint density at radius 1 is 0.968 bits per heavy atom. The van der Waals surface area contributed by atoms with Gasteiger partial charge in [-0.3, -0.25) is 4.90 Å². The highest BCUT2D eigenvalue weighted by molar-refractivity contribution is 5.39. The second-order valence-electron chi connectivity index (χ2n) is 8.71. The summed E-state index contributed by atoms with van der Waals surface area (Å²) in [6.45, 7) is 5.67. The molecule has 6 heteroatoms. The van der Waals surface area contributed by atoms with Crippen LogP contribution in [0.4, 0.5) is 0 Å². The summed E-state index contributed by atoms with van der Waals surface area (Å²) in [4.78, 5) is 9.56. The van der Waals surface area contributed by atoms with Gasteiger partial charge in [-0.2, -0.15) is 9.78 Å². The predicted molar refractivity (Wildman–Crippen MR) is 122 cm³/mol. The number of benzene rings is 1. The molecule has 0 radical (unpaired) electrons. The van der Waals surface area contributed by atoms with Gasteiger partial charge in [0.2, 0.25) is 5.88 Å². The zero-order valence-corrected chi connectivity index (χ0v) is 18.0. The Hall–Kier alpha value is -2.70. The van der Waals surface area contributed by atoms with Crippen molar-refractivity contribution in [3.8, 4) is 11.7 Å². The molecule has 1 saturated heterocycles. The number of rotatable bonds is 6. The molecule has 162 valence electrons. The number of fused-ring (bicyclic) bond motifs is 1. The van der Waals surface area contributed by atoms with Crippen LogP contribution < -0.4 is 0 Å². The topological polar surface area (TPSA) is 57.4 Å². The molecule has 1 aromatic carbocycles. The molecule has 1 aliphatic heterocycles. The van der Waals surface area contributed by atoms with Gasteiger partial charge in [0.15, 0.2) is 5.82 Å². The van der Waals surface area contributed by atoms with E-state index in [0.29, 0.717) is 11.9 Å². The first-order chi connectivity index (χ1) is 15.3. The molecule has 0 spiro atoms. The zero-order valence-electron chi connectivity index (χ0n) is 18.0. The highest BCUT2D eigenvalue weighted by Crippen LogP contribution is 2.32. The van der Waals surface area contributed by atoms with E-state index >= 15 is 0 Å². The van der Waals surface area contributed by atoms with Gasteiger partial charge in [0.25, 0.3) is 0 Å². The molecular formula is C25H31N5O. The minimum Gasteiger partial charge on any atom is -0.493 e. The van der Waals surface area contributed by atoms with Gasteiger partial charge < -0.3 is 10.0 Å². The van der Waals surface area contributed by atoms with Crippen molar-refractivity contribution in [3.63, 3.8) is 0 Å². The summed E-state index contributed by atoms with van der Waals surface area (Å²) < 4.78 is 1.59. The molecule has 0 saturated carbocycles. The van der Waals surface area contributed by atoms with Crippen molar-refractivity contribution >= 4 is 0 Å². The summed E-state index contributed by atoms with van der Waals surface area (Å²) >= 11 is 0. The van der Waals surface area contributed by atoms with Gasteiger partial charge in [-0.1, -0.05) is 36.4 Å². The minimum atomic E-state index is 0.262. The zero-order chi connectivity index (χ0) is 21.0. The molecular weight excluding hydrogens is 386 g/mol. The SMILES string of the molecule is Oc1c2c(nn1-c1ccccn1)CCC(N1CCN(CCCc3ccccc3)CC1)C2. The number of hydrogen-bond acceptors (Lipinski definition) is 5. The molecule has 1 unspecified atom stereocenters. The maximum atomic E-state index is 10.8. The minimum absolute atomic E-state index is 0.262. The predicted octanol–water partition coefficient (Wildman–Crippen LogP) is 3.08. The molecule has 5 rings (SSSR count). The first-order valence-corrected chi connectivity index (χ1v) is 11.5. The number of pyridine rings is 1. The number of nitrogens with zero attached hydrogens (tertiary/aromatic N) is 5. The van der Waals surface area contributed by atoms with E-state index in [9.17, 15) is 5.11 Å². The lowest BCUT2D eigenvalue weighted by atomic mass is 9.91. The quantitative estimate of drug-likeness (QED) is 0.668. The van der Waals surface area contributed by atoms with E-state index in [2.05, 4.69) is 50.2 Å². The Labute approximate surface area is 184 Å². The van der Waals surface area contributed by atoms with Crippen LogP contribution in [-0.4, -0.2) is 68.4 Å². The van der Waals surface area contributed by atoms with E-state index in [1.54, 1.807) is 10.9 Å². The van der Waals surface area contributed by atoms with E-state index in [0.717, 1.165) is 63.1 Å². The molecule has 3 heterocycles. The third-order valence-electron chi connectivity index (χ3n) is 6.77. The summed E-state index contributed by atoms with van der Waals surface area (Å²) in [7, 11) is 0. The van der Waals surface area contributed by atoms with E-state index in [1.165, 1.54) is 18.5 Å². The van der Waals surface area contributed by atoms with Crippen LogP contribution >= 0.6 is 0 Å². The molecule has 3 aromatic rings. The fraction of sp³-hybridized carbons (Fsp3) is 0.440. The Kier molecular flexibility index (Phi) is 6.00. The monoisotopic (exact) mass is 417 g/mol. The van der Waals surface area contributed by atoms with Crippen LogP contribution in [0.15, 0.2) is 54.7 Å². The van der Waals surface area contributed by atoms with Gasteiger partial charge in [-0.25, -0.2) is 4.98 Å². The Morgan fingerprint density at radius 3 is 2.55 bits per heavy atom. The number of aromatic nitrogens is 3. The summed E-state index contributed by atoms with van der Waals surface area (Å²) in [5.41, 5.74) is 3.47. The van der Waals surface area contributed by atoms with Crippen molar-refractivity contribution in [2.45, 2.75) is 38.1 Å². The molecule has 31 heavy (non-hydrogen) atoms. The van der Waals surface area contributed by atoms with Crippen LogP contribution in [0.5, 0.6) is 5.88 Å². The Bertz CT molecular complexity index is 980. The average Bonchev–Trinajstić information content (AvgIpc) is 3.17. The fourth-order valence-corrected chi connectivity index (χ4v) is 4.99. The fourth-order valence-electron chi connectivity index (χ4n) is 4.99. The standard InChI is InChI=1S/C25H31N5O/c31-25-22-19-21(11-12-23(22)27-30(25)24-10-4-5-13-26-24)29-17-15-28(16-18-29)14-6-9-20-7-2-1-3-8-20/h1-5,7-8,10,13,21,31H,6,9,11-12,14-19H2. The summed E-state index contributed by atoms with van der Waals surface area (Å²) in [6, 6.07) is 17.0. The molecule has 2 aromatic heterocycles. The lowest BCUT2D eigenvalue weighted by Gasteiger charge is -2.40. The van der Waals surface area contributed by atoms with Gasteiger partial charge in [0.1, 0.15) is 0 Å². The summed E-state index contributed by atoms with van der Waals surface area (Å²) in [6.07, 6.45) is 7.02. The van der Waals surface area contributed by atoms with Crippen molar-refractivity contribution in [1.82, 2.24) is 24.6 Å². The van der Waals surface area contributed by atoms with Gasteiger partial charge in [-0.05, 0) is 56.3 Å². The lowest BCUT2D eigenvalue weighted by Crippen LogP contribution is -2.51. The number of aromatic hydroxyl groups is 1. The highest BCUT2D eigenvalue weighted by atomic mass is 16.3. The molecule has 0 amide bonds. The van der Waals surface area contributed by atoms with Crippen molar-refractivity contribution in [3.05, 3.63) is 71.5 Å².